The average molecular weight is 1680 g/mol. The Morgan fingerprint density at radius 1 is 0.106 bits per heavy atom. The van der Waals surface area contributed by atoms with Crippen LogP contribution in [0.3, 0.4) is 0 Å². The van der Waals surface area contributed by atoms with Gasteiger partial charge in [-0.25, -0.2) is 0 Å². The van der Waals surface area contributed by atoms with E-state index in [2.05, 4.69) is 477 Å². The second kappa shape index (κ2) is 27.2. The topological polar surface area (TPSA) is 37.4 Å². The molecular formula is C124H80N8. The predicted octanol–water partition coefficient (Wildman–Crippen LogP) is 32.6. The van der Waals surface area contributed by atoms with Gasteiger partial charge in [-0.3, -0.25) is 0 Å². The van der Waals surface area contributed by atoms with Crippen LogP contribution in [0.15, 0.2) is 413 Å². The van der Waals surface area contributed by atoms with Crippen molar-refractivity contribution in [2.75, 3.05) is 0 Å². The second-order valence-electron chi connectivity index (χ2n) is 36.4. The molecule has 616 valence electrons. The highest BCUT2D eigenvalue weighted by atomic mass is 15.0. The minimum atomic E-state index is 1.25. The van der Waals surface area contributed by atoms with Gasteiger partial charge in [0.2, 0.25) is 0 Å². The predicted molar refractivity (Wildman–Crippen MR) is 562 cm³/mol. The molecule has 0 aliphatic heterocycles. The summed E-state index contributed by atoms with van der Waals surface area (Å²) in [6.45, 7) is 0. The Morgan fingerprint density at radius 2 is 0.258 bits per heavy atom. The van der Waals surface area contributed by atoms with Crippen molar-refractivity contribution in [2.45, 2.75) is 0 Å². The first-order valence-corrected chi connectivity index (χ1v) is 45.8. The van der Waals surface area contributed by atoms with Gasteiger partial charge in [0, 0.05) is 202 Å². The third-order valence-electron chi connectivity index (χ3n) is 29.9. The molecule has 0 aliphatic rings. The molecule has 0 fully saturated rings. The van der Waals surface area contributed by atoms with Gasteiger partial charge in [-0.1, -0.05) is 291 Å². The fourth-order valence-electron chi connectivity index (χ4n) is 23.8. The number of hydrogen-bond acceptors (Lipinski definition) is 0. The normalized spacial score (nSPS) is 12.4. The summed E-state index contributed by atoms with van der Waals surface area (Å²) in [6, 6.07) is 152. The molecule has 0 bridgehead atoms. The SMILES string of the molecule is Cn1c2ccccc2c2cc(-c3ccc4c(c3)c3cccc5c6ccccc6n4c53)ccc21.Cn1c2ccccc2c2cc(-c3ccc4c5cccc6c7ccccc7n(c4c3)c65)ccc21.Cn1c2ccccc2c2ccc(-c3ccc4c(c3)c3cccc5c6ccccc6n4c53)cc21.Cn1c2ccccc2c2ccc(-c3ccc4c5cccc6c7ccccc7n(c4c3)c65)cc21. The summed E-state index contributed by atoms with van der Waals surface area (Å²) in [5, 5.41) is 31.7. The standard InChI is InChI=1S/4C31H20N2/c1-32-27-11-4-2-8-22(27)26-17-19(14-16-28(26)32)20-13-15-23-25-10-6-9-24-21-7-3-5-12-29(21)33(31(24)25)30(23)18-20;1-32-27-11-4-2-8-22(27)25-17-19(13-15-28(25)32)20-14-16-30-26(18-20)24-10-6-9-23-21-7-3-5-12-29(21)33(30)31(23)24;1-32-27-11-4-2-7-21(27)23-15-13-20(18-30(23)32)19-14-16-29-26(17-19)25-10-6-9-24-22-8-3-5-12-28(22)33(29)31(24)25;1-32-27-11-4-2-7-21(27)23-15-13-19(17-29(23)32)20-14-16-24-26-10-6-9-25-22-8-3-5-12-28(22)33(31(25)26)30(24)18-20/h4*2-18H,1H3. The Balaban J connectivity index is 0.0000000862. The van der Waals surface area contributed by atoms with E-state index in [1.807, 2.05) is 0 Å². The maximum atomic E-state index is 2.45. The number of aromatic nitrogens is 8. The van der Waals surface area contributed by atoms with Crippen LogP contribution < -0.4 is 0 Å². The van der Waals surface area contributed by atoms with Gasteiger partial charge >= 0.3 is 0 Å². The van der Waals surface area contributed by atoms with E-state index >= 15 is 0 Å². The van der Waals surface area contributed by atoms with Gasteiger partial charge in [0.05, 0.1) is 66.2 Å². The van der Waals surface area contributed by atoms with Crippen LogP contribution in [0.4, 0.5) is 0 Å². The fraction of sp³-hybridized carbons (Fsp3) is 0.0323. The van der Waals surface area contributed by atoms with Crippen LogP contribution in [-0.4, -0.2) is 35.9 Å². The molecule has 0 radical (unpaired) electrons. The van der Waals surface area contributed by atoms with E-state index in [-0.39, 0.29) is 0 Å². The number of fused-ring (bicyclic) bond motifs is 36. The van der Waals surface area contributed by atoms with Crippen LogP contribution >= 0.6 is 0 Å². The molecule has 8 heteroatoms. The van der Waals surface area contributed by atoms with Crippen molar-refractivity contribution in [3.8, 4) is 44.5 Å². The van der Waals surface area contributed by atoms with Crippen molar-refractivity contribution in [3.05, 3.63) is 413 Å². The zero-order valence-electron chi connectivity index (χ0n) is 72.8. The van der Waals surface area contributed by atoms with Crippen molar-refractivity contribution in [1.82, 2.24) is 35.9 Å². The highest BCUT2D eigenvalue weighted by Crippen LogP contribution is 2.48. The van der Waals surface area contributed by atoms with Gasteiger partial charge in [0.15, 0.2) is 0 Å². The lowest BCUT2D eigenvalue weighted by atomic mass is 10.00. The van der Waals surface area contributed by atoms with Crippen LogP contribution in [0.5, 0.6) is 0 Å². The van der Waals surface area contributed by atoms with Crippen LogP contribution in [0.2, 0.25) is 0 Å². The molecule has 0 atom stereocenters. The molecule has 0 unspecified atom stereocenters. The second-order valence-corrected chi connectivity index (χ2v) is 36.4. The van der Waals surface area contributed by atoms with Crippen molar-refractivity contribution in [3.63, 3.8) is 0 Å². The van der Waals surface area contributed by atoms with Gasteiger partial charge in [-0.05, 0) is 166 Å². The summed E-state index contributed by atoms with van der Waals surface area (Å²) in [5.74, 6) is 0. The molecule has 12 aromatic heterocycles. The van der Waals surface area contributed by atoms with Gasteiger partial charge < -0.3 is 35.9 Å². The minimum Gasteiger partial charge on any atom is -0.344 e. The Kier molecular flexibility index (Phi) is 15.0. The summed E-state index contributed by atoms with van der Waals surface area (Å²) in [4.78, 5) is 0. The Morgan fingerprint density at radius 3 is 0.538 bits per heavy atom. The quantitative estimate of drug-likeness (QED) is 0.168. The largest absolute Gasteiger partial charge is 0.344 e. The summed E-state index contributed by atoms with van der Waals surface area (Å²) < 4.78 is 19.0. The highest BCUT2D eigenvalue weighted by molar-refractivity contribution is 6.29. The number of rotatable bonds is 4. The highest BCUT2D eigenvalue weighted by Gasteiger charge is 2.25. The van der Waals surface area contributed by atoms with Crippen molar-refractivity contribution < 1.29 is 0 Å². The lowest BCUT2D eigenvalue weighted by molar-refractivity contribution is 1.01. The van der Waals surface area contributed by atoms with Crippen molar-refractivity contribution in [1.29, 1.82) is 0 Å². The summed E-state index contributed by atoms with van der Waals surface area (Å²) in [5.41, 5.74) is 35.8. The zero-order valence-corrected chi connectivity index (χ0v) is 72.8. The molecule has 12 heterocycles. The number of aryl methyl sites for hydroxylation is 4. The van der Waals surface area contributed by atoms with Crippen LogP contribution in [0, 0.1) is 0 Å². The van der Waals surface area contributed by atoms with Crippen molar-refractivity contribution in [2.24, 2.45) is 28.2 Å². The molecule has 0 aliphatic carbocycles. The first-order chi connectivity index (χ1) is 65.2. The molecule has 32 aromatic rings. The van der Waals surface area contributed by atoms with Crippen LogP contribution in [0.25, 0.3) is 284 Å². The monoisotopic (exact) mass is 1680 g/mol. The lowest BCUT2D eigenvalue weighted by Gasteiger charge is -2.06. The molecule has 8 nitrogen and oxygen atoms in total. The van der Waals surface area contributed by atoms with Gasteiger partial charge in [0.25, 0.3) is 0 Å². The van der Waals surface area contributed by atoms with Crippen LogP contribution in [-0.2, 0) is 28.2 Å². The third-order valence-corrected chi connectivity index (χ3v) is 29.9. The van der Waals surface area contributed by atoms with Gasteiger partial charge in [-0.2, -0.15) is 0 Å². The first-order valence-electron chi connectivity index (χ1n) is 45.8. The van der Waals surface area contributed by atoms with E-state index < -0.39 is 0 Å². The summed E-state index contributed by atoms with van der Waals surface area (Å²) >= 11 is 0. The maximum absolute atomic E-state index is 2.45. The fourth-order valence-corrected chi connectivity index (χ4v) is 23.8. The molecule has 20 aromatic carbocycles. The van der Waals surface area contributed by atoms with E-state index in [9.17, 15) is 0 Å². The molecule has 132 heavy (non-hydrogen) atoms. The van der Waals surface area contributed by atoms with E-state index in [0.717, 1.165) is 0 Å². The van der Waals surface area contributed by atoms with E-state index in [0.29, 0.717) is 0 Å². The first kappa shape index (κ1) is 72.9. The molecule has 32 rings (SSSR count). The average Bonchev–Trinajstić information content (AvgIpc) is 1.55. The molecule has 0 spiro atoms. The number of benzene rings is 20. The molecule has 0 saturated carbocycles. The van der Waals surface area contributed by atoms with E-state index in [1.54, 1.807) is 0 Å². The van der Waals surface area contributed by atoms with Gasteiger partial charge in [0.1, 0.15) is 0 Å². The number of hydrogen-bond donors (Lipinski definition) is 0. The zero-order chi connectivity index (χ0) is 86.7. The molecule has 0 amide bonds. The van der Waals surface area contributed by atoms with Crippen molar-refractivity contribution >= 4 is 240 Å². The van der Waals surface area contributed by atoms with E-state index in [4.69, 9.17) is 0 Å². The third kappa shape index (κ3) is 10.0. The smallest absolute Gasteiger partial charge is 0.0620 e. The summed E-state index contributed by atoms with van der Waals surface area (Å²) in [6.07, 6.45) is 0. The van der Waals surface area contributed by atoms with Crippen LogP contribution in [0.1, 0.15) is 0 Å². The summed E-state index contributed by atoms with van der Waals surface area (Å²) in [7, 11) is 8.63. The maximum Gasteiger partial charge on any atom is 0.0620 e. The Labute approximate surface area is 755 Å². The number of nitrogens with zero attached hydrogens (tertiary/aromatic N) is 8. The van der Waals surface area contributed by atoms with Gasteiger partial charge in [-0.15, -0.1) is 0 Å². The Bertz CT molecular complexity index is 10500. The molecule has 0 saturated heterocycles. The van der Waals surface area contributed by atoms with E-state index in [1.165, 1.54) is 284 Å². The lowest BCUT2D eigenvalue weighted by Crippen LogP contribution is -1.87. The minimum absolute atomic E-state index is 1.25. The Hall–Kier alpha value is -17.2. The molecule has 0 N–H and O–H groups in total. The molecular weight excluding hydrogens is 1600 g/mol. The number of para-hydroxylation sites is 12.